The molecule has 3 heterocycles. The predicted molar refractivity (Wildman–Crippen MR) is 114 cm³/mol. The Labute approximate surface area is 179 Å². The van der Waals surface area contributed by atoms with Crippen LogP contribution in [0, 0.1) is 13.8 Å². The number of hydrogen-bond donors (Lipinski definition) is 2. The largest absolute Gasteiger partial charge is 0.310 e. The Bertz CT molecular complexity index is 1280. The molecule has 4 rings (SSSR count). The maximum Gasteiger partial charge on any atom is 0.249 e. The maximum atomic E-state index is 13.0. The number of fused-ring (bicyclic) bond motifs is 1. The lowest BCUT2D eigenvalue weighted by Gasteiger charge is -2.12. The van der Waals surface area contributed by atoms with Crippen molar-refractivity contribution in [2.45, 2.75) is 38.1 Å². The highest BCUT2D eigenvalue weighted by Crippen LogP contribution is 2.35. The lowest BCUT2D eigenvalue weighted by molar-refractivity contribution is -0.116. The van der Waals surface area contributed by atoms with Gasteiger partial charge >= 0.3 is 0 Å². The Morgan fingerprint density at radius 2 is 1.94 bits per heavy atom. The van der Waals surface area contributed by atoms with Gasteiger partial charge < -0.3 is 5.32 Å². The van der Waals surface area contributed by atoms with E-state index < -0.39 is 10.0 Å². The summed E-state index contributed by atoms with van der Waals surface area (Å²) in [6.07, 6.45) is 1.73. The Morgan fingerprint density at radius 3 is 2.68 bits per heavy atom. The minimum Gasteiger partial charge on any atom is -0.310 e. The molecule has 0 aliphatic carbocycles. The molecule has 0 fully saturated rings. The minimum absolute atomic E-state index is 0.0552. The van der Waals surface area contributed by atoms with E-state index in [4.69, 9.17) is 0 Å². The third-order valence-corrected chi connectivity index (χ3v) is 6.60. The van der Waals surface area contributed by atoms with Gasteiger partial charge in [0.2, 0.25) is 21.8 Å². The van der Waals surface area contributed by atoms with Gasteiger partial charge in [0, 0.05) is 24.6 Å². The second-order valence-electron chi connectivity index (χ2n) is 7.29. The molecule has 2 aromatic heterocycles. The highest BCUT2D eigenvalue weighted by molar-refractivity contribution is 7.89. The van der Waals surface area contributed by atoms with E-state index in [9.17, 15) is 18.0 Å². The van der Waals surface area contributed by atoms with Crippen molar-refractivity contribution in [2.24, 2.45) is 0 Å². The van der Waals surface area contributed by atoms with Crippen LogP contribution in [-0.4, -0.2) is 35.0 Å². The molecule has 0 saturated heterocycles. The van der Waals surface area contributed by atoms with Crippen molar-refractivity contribution in [1.29, 1.82) is 0 Å². The molecule has 2 N–H and O–H groups in total. The summed E-state index contributed by atoms with van der Waals surface area (Å²) in [5.41, 5.74) is 2.73. The van der Waals surface area contributed by atoms with E-state index in [1.165, 1.54) is 10.7 Å². The first-order valence-electron chi connectivity index (χ1n) is 9.69. The van der Waals surface area contributed by atoms with E-state index in [1.807, 2.05) is 0 Å². The van der Waals surface area contributed by atoms with Crippen LogP contribution in [0.15, 0.2) is 47.5 Å². The van der Waals surface area contributed by atoms with Crippen LogP contribution < -0.4 is 10.0 Å². The van der Waals surface area contributed by atoms with Crippen molar-refractivity contribution < 1.29 is 18.0 Å². The van der Waals surface area contributed by atoms with Crippen LogP contribution in [0.1, 0.15) is 34.6 Å². The molecule has 0 unspecified atom stereocenters. The molecule has 10 heteroatoms. The summed E-state index contributed by atoms with van der Waals surface area (Å²) in [5, 5.41) is 7.00. The molecule has 0 saturated carbocycles. The number of nitrogens with zero attached hydrogens (tertiary/aromatic N) is 3. The van der Waals surface area contributed by atoms with Gasteiger partial charge in [-0.1, -0.05) is 18.2 Å². The molecular formula is C21H21N5O4S. The molecule has 0 spiro atoms. The number of nitrogens with one attached hydrogen (secondary N) is 2. The maximum absolute atomic E-state index is 13.0. The van der Waals surface area contributed by atoms with E-state index in [2.05, 4.69) is 20.1 Å². The first-order chi connectivity index (χ1) is 14.8. The summed E-state index contributed by atoms with van der Waals surface area (Å²) in [4.78, 5) is 28.6. The van der Waals surface area contributed by atoms with Crippen molar-refractivity contribution in [3.63, 3.8) is 0 Å². The fourth-order valence-electron chi connectivity index (χ4n) is 3.48. The zero-order chi connectivity index (χ0) is 22.2. The quantitative estimate of drug-likeness (QED) is 0.629. The standard InChI is InChI=1S/C21H21N5O4S/c1-13-6-7-15(11-17(13)31(29,30)23-12-16-5-3-4-10-22-16)20-14(2)25-26-19(28)9-8-18(27)24-21(20)26/h3-7,10-11,23H,8-9,12H2,1-2H3,(H,24,27). The van der Waals surface area contributed by atoms with Crippen LogP contribution in [0.4, 0.5) is 5.82 Å². The van der Waals surface area contributed by atoms with Gasteiger partial charge in [-0.15, -0.1) is 0 Å². The number of benzene rings is 1. The van der Waals surface area contributed by atoms with Crippen LogP contribution in [0.25, 0.3) is 11.1 Å². The number of aryl methyl sites for hydroxylation is 2. The third kappa shape index (κ3) is 4.12. The molecule has 0 atom stereocenters. The molecule has 160 valence electrons. The van der Waals surface area contributed by atoms with E-state index in [1.54, 1.807) is 50.4 Å². The van der Waals surface area contributed by atoms with Crippen molar-refractivity contribution in [1.82, 2.24) is 19.5 Å². The van der Waals surface area contributed by atoms with Crippen molar-refractivity contribution in [3.8, 4) is 11.1 Å². The summed E-state index contributed by atoms with van der Waals surface area (Å²) in [6, 6.07) is 10.2. The smallest absolute Gasteiger partial charge is 0.249 e. The zero-order valence-electron chi connectivity index (χ0n) is 17.0. The Kier molecular flexibility index (Phi) is 5.42. The minimum atomic E-state index is -3.84. The molecule has 0 radical (unpaired) electrons. The number of rotatable bonds is 5. The molecular weight excluding hydrogens is 418 g/mol. The topological polar surface area (TPSA) is 123 Å². The van der Waals surface area contributed by atoms with Crippen molar-refractivity contribution in [2.75, 3.05) is 5.32 Å². The fourth-order valence-corrected chi connectivity index (χ4v) is 4.75. The van der Waals surface area contributed by atoms with Crippen LogP contribution in [0.3, 0.4) is 0 Å². The first-order valence-corrected chi connectivity index (χ1v) is 11.2. The molecule has 3 aromatic rings. The Morgan fingerprint density at radius 1 is 1.13 bits per heavy atom. The van der Waals surface area contributed by atoms with Gasteiger partial charge in [0.05, 0.1) is 22.8 Å². The molecule has 31 heavy (non-hydrogen) atoms. The van der Waals surface area contributed by atoms with Gasteiger partial charge in [-0.2, -0.15) is 9.78 Å². The second-order valence-corrected chi connectivity index (χ2v) is 9.02. The number of amides is 1. The van der Waals surface area contributed by atoms with E-state index in [0.29, 0.717) is 28.1 Å². The van der Waals surface area contributed by atoms with Gasteiger partial charge in [-0.25, -0.2) is 13.1 Å². The van der Waals surface area contributed by atoms with Gasteiger partial charge in [0.1, 0.15) is 5.82 Å². The second kappa shape index (κ2) is 8.05. The number of anilines is 1. The number of carbonyl (C=O) groups excluding carboxylic acids is 2. The molecule has 9 nitrogen and oxygen atoms in total. The highest BCUT2D eigenvalue weighted by atomic mass is 32.2. The number of sulfonamides is 1. The molecule has 1 aliphatic heterocycles. The number of aromatic nitrogens is 3. The van der Waals surface area contributed by atoms with Crippen molar-refractivity contribution >= 4 is 27.7 Å². The van der Waals surface area contributed by atoms with E-state index in [-0.39, 0.29) is 41.9 Å². The van der Waals surface area contributed by atoms with Crippen LogP contribution in [0.2, 0.25) is 0 Å². The van der Waals surface area contributed by atoms with Crippen LogP contribution in [-0.2, 0) is 21.4 Å². The lowest BCUT2D eigenvalue weighted by atomic mass is 10.0. The monoisotopic (exact) mass is 439 g/mol. The summed E-state index contributed by atoms with van der Waals surface area (Å²) >= 11 is 0. The van der Waals surface area contributed by atoms with Gasteiger partial charge in [-0.05, 0) is 43.2 Å². The Hall–Kier alpha value is -3.37. The van der Waals surface area contributed by atoms with Crippen LogP contribution >= 0.6 is 0 Å². The summed E-state index contributed by atoms with van der Waals surface area (Å²) in [5.74, 6) is -0.316. The average molecular weight is 439 g/mol. The molecule has 1 aliphatic rings. The van der Waals surface area contributed by atoms with Gasteiger partial charge in [0.15, 0.2) is 0 Å². The predicted octanol–water partition coefficient (Wildman–Crippen LogP) is 2.41. The van der Waals surface area contributed by atoms with Gasteiger partial charge in [0.25, 0.3) is 0 Å². The number of hydrogen-bond acceptors (Lipinski definition) is 6. The van der Waals surface area contributed by atoms with E-state index >= 15 is 0 Å². The van der Waals surface area contributed by atoms with Crippen LogP contribution in [0.5, 0.6) is 0 Å². The zero-order valence-corrected chi connectivity index (χ0v) is 17.9. The number of carbonyl (C=O) groups is 2. The van der Waals surface area contributed by atoms with Crippen molar-refractivity contribution in [3.05, 3.63) is 59.5 Å². The Balaban J connectivity index is 1.74. The SMILES string of the molecule is Cc1ccc(-c2c(C)nn3c2NC(=O)CCC3=O)cc1S(=O)(=O)NCc1ccccn1. The highest BCUT2D eigenvalue weighted by Gasteiger charge is 2.27. The third-order valence-electron chi connectivity index (χ3n) is 5.06. The molecule has 1 amide bonds. The summed E-state index contributed by atoms with van der Waals surface area (Å²) in [7, 11) is -3.84. The van der Waals surface area contributed by atoms with E-state index in [0.717, 1.165) is 0 Å². The van der Waals surface area contributed by atoms with Gasteiger partial charge in [-0.3, -0.25) is 14.6 Å². The molecule has 0 bridgehead atoms. The first kappa shape index (κ1) is 20.9. The summed E-state index contributed by atoms with van der Waals surface area (Å²) in [6.45, 7) is 3.47. The summed E-state index contributed by atoms with van der Waals surface area (Å²) < 4.78 is 29.7. The normalized spacial score (nSPS) is 14.1. The molecule has 1 aromatic carbocycles. The number of pyridine rings is 1. The lowest BCUT2D eigenvalue weighted by Crippen LogP contribution is -2.24. The average Bonchev–Trinajstić information content (AvgIpc) is 3.00. The fraction of sp³-hybridized carbons (Fsp3) is 0.238.